The van der Waals surface area contributed by atoms with Crippen molar-refractivity contribution in [1.82, 2.24) is 0 Å². The monoisotopic (exact) mass is 298 g/mol. The van der Waals surface area contributed by atoms with Crippen molar-refractivity contribution in [1.29, 1.82) is 0 Å². The van der Waals surface area contributed by atoms with Gasteiger partial charge in [-0.2, -0.15) is 0 Å². The summed E-state index contributed by atoms with van der Waals surface area (Å²) in [5, 5.41) is 0. The molecule has 2 unspecified atom stereocenters. The van der Waals surface area contributed by atoms with Crippen LogP contribution < -0.4 is 0 Å². The molecule has 0 bridgehead atoms. The Hall–Kier alpha value is -1.74. The van der Waals surface area contributed by atoms with Gasteiger partial charge in [0.05, 0.1) is 0 Å². The quantitative estimate of drug-likeness (QED) is 0.805. The summed E-state index contributed by atoms with van der Waals surface area (Å²) in [6.45, 7) is 7.47. The third kappa shape index (κ3) is 2.66. The average molecular weight is 298 g/mol. The highest BCUT2D eigenvalue weighted by molar-refractivity contribution is 6.25. The van der Waals surface area contributed by atoms with Crippen molar-refractivity contribution < 1.29 is 14.3 Å². The Kier molecular flexibility index (Phi) is 4.00. The number of rotatable bonds is 3. The number of carbonyl (C=O) groups excluding carboxylic acids is 2. The Labute approximate surface area is 131 Å². The molecule has 3 nitrogen and oxygen atoms in total. The summed E-state index contributed by atoms with van der Waals surface area (Å²) in [6.07, 6.45) is 3.22. The maximum atomic E-state index is 12.8. The molecule has 1 heterocycles. The SMILES string of the molecule is Cc1cc(C)c(C2C(=O)C=C(CC3CCOC3)C2=O)c(C)c1. The summed E-state index contributed by atoms with van der Waals surface area (Å²) >= 11 is 0. The Morgan fingerprint density at radius 3 is 2.41 bits per heavy atom. The largest absolute Gasteiger partial charge is 0.381 e. The van der Waals surface area contributed by atoms with Crippen molar-refractivity contribution in [2.75, 3.05) is 13.2 Å². The van der Waals surface area contributed by atoms with Crippen LogP contribution in [0.4, 0.5) is 0 Å². The van der Waals surface area contributed by atoms with Crippen LogP contribution in [0.3, 0.4) is 0 Å². The summed E-state index contributed by atoms with van der Waals surface area (Å²) < 4.78 is 5.37. The van der Waals surface area contributed by atoms with Gasteiger partial charge in [-0.15, -0.1) is 0 Å². The van der Waals surface area contributed by atoms with Gasteiger partial charge in [0.1, 0.15) is 5.92 Å². The predicted octanol–water partition coefficient (Wildman–Crippen LogP) is 3.20. The lowest BCUT2D eigenvalue weighted by Crippen LogP contribution is -2.18. The molecule has 0 amide bonds. The first-order valence-electron chi connectivity index (χ1n) is 7.91. The second-order valence-electron chi connectivity index (χ2n) is 6.62. The smallest absolute Gasteiger partial charge is 0.174 e. The first kappa shape index (κ1) is 15.2. The lowest BCUT2D eigenvalue weighted by molar-refractivity contribution is -0.123. The van der Waals surface area contributed by atoms with Gasteiger partial charge >= 0.3 is 0 Å². The van der Waals surface area contributed by atoms with Crippen LogP contribution in [0.15, 0.2) is 23.8 Å². The van der Waals surface area contributed by atoms with Gasteiger partial charge in [0.2, 0.25) is 0 Å². The van der Waals surface area contributed by atoms with E-state index < -0.39 is 5.92 Å². The molecule has 1 aliphatic carbocycles. The number of aryl methyl sites for hydroxylation is 3. The predicted molar refractivity (Wildman–Crippen MR) is 85.0 cm³/mol. The standard InChI is InChI=1S/C19H22O3/c1-11-6-12(2)17(13(3)7-11)18-16(20)9-15(19(18)21)8-14-4-5-22-10-14/h6-7,9,14,18H,4-5,8,10H2,1-3H3. The summed E-state index contributed by atoms with van der Waals surface area (Å²) in [7, 11) is 0. The summed E-state index contributed by atoms with van der Waals surface area (Å²) in [5.41, 5.74) is 4.80. The number of Topliss-reactive ketones (excluding diaryl/α,β-unsaturated/α-hetero) is 1. The zero-order valence-electron chi connectivity index (χ0n) is 13.4. The Bertz CT molecular complexity index is 640. The second kappa shape index (κ2) is 5.81. The molecule has 1 aromatic rings. The number of hydrogen-bond donors (Lipinski definition) is 0. The Morgan fingerprint density at radius 2 is 1.82 bits per heavy atom. The molecule has 3 rings (SSSR count). The summed E-state index contributed by atoms with van der Waals surface area (Å²) in [5.74, 6) is -0.319. The van der Waals surface area contributed by atoms with Gasteiger partial charge in [-0.05, 0) is 62.3 Å². The summed E-state index contributed by atoms with van der Waals surface area (Å²) in [4.78, 5) is 25.2. The van der Waals surface area contributed by atoms with Gasteiger partial charge in [-0.1, -0.05) is 17.7 Å². The number of allylic oxidation sites excluding steroid dienone is 2. The van der Waals surface area contributed by atoms with Crippen LogP contribution in [-0.4, -0.2) is 24.8 Å². The molecular formula is C19H22O3. The van der Waals surface area contributed by atoms with Gasteiger partial charge in [0, 0.05) is 18.8 Å². The molecule has 1 fully saturated rings. The van der Waals surface area contributed by atoms with Crippen LogP contribution >= 0.6 is 0 Å². The molecule has 0 saturated carbocycles. The van der Waals surface area contributed by atoms with Gasteiger partial charge in [-0.25, -0.2) is 0 Å². The molecule has 0 spiro atoms. The molecular weight excluding hydrogens is 276 g/mol. The second-order valence-corrected chi connectivity index (χ2v) is 6.62. The van der Waals surface area contributed by atoms with Crippen molar-refractivity contribution in [3.8, 4) is 0 Å². The van der Waals surface area contributed by atoms with E-state index >= 15 is 0 Å². The number of ether oxygens (including phenoxy) is 1. The molecule has 22 heavy (non-hydrogen) atoms. The normalized spacial score (nSPS) is 25.0. The minimum Gasteiger partial charge on any atom is -0.381 e. The fraction of sp³-hybridized carbons (Fsp3) is 0.474. The number of ketones is 2. The van der Waals surface area contributed by atoms with E-state index in [1.165, 1.54) is 0 Å². The van der Waals surface area contributed by atoms with Crippen molar-refractivity contribution in [2.45, 2.75) is 39.5 Å². The van der Waals surface area contributed by atoms with Gasteiger partial charge in [0.15, 0.2) is 11.6 Å². The van der Waals surface area contributed by atoms with Gasteiger partial charge in [-0.3, -0.25) is 9.59 Å². The Morgan fingerprint density at radius 1 is 1.14 bits per heavy atom. The average Bonchev–Trinajstić information content (AvgIpc) is 3.02. The van der Waals surface area contributed by atoms with E-state index in [1.807, 2.05) is 32.9 Å². The lowest BCUT2D eigenvalue weighted by atomic mass is 9.85. The molecule has 1 aliphatic heterocycles. The van der Waals surface area contributed by atoms with E-state index in [1.54, 1.807) is 6.08 Å². The minimum atomic E-state index is -0.627. The molecule has 0 radical (unpaired) electrons. The topological polar surface area (TPSA) is 43.4 Å². The molecule has 0 N–H and O–H groups in total. The highest BCUT2D eigenvalue weighted by Crippen LogP contribution is 2.36. The first-order chi connectivity index (χ1) is 10.5. The maximum Gasteiger partial charge on any atom is 0.174 e. The van der Waals surface area contributed by atoms with E-state index in [0.717, 1.165) is 35.3 Å². The van der Waals surface area contributed by atoms with E-state index in [4.69, 9.17) is 4.74 Å². The summed E-state index contributed by atoms with van der Waals surface area (Å²) in [6, 6.07) is 4.09. The van der Waals surface area contributed by atoms with Gasteiger partial charge < -0.3 is 4.74 Å². The molecule has 1 aromatic carbocycles. The fourth-order valence-corrected chi connectivity index (χ4v) is 3.78. The van der Waals surface area contributed by atoms with Crippen LogP contribution in [0.5, 0.6) is 0 Å². The molecule has 0 aromatic heterocycles. The minimum absolute atomic E-state index is 0.00745. The number of hydrogen-bond acceptors (Lipinski definition) is 3. The number of carbonyl (C=O) groups is 2. The van der Waals surface area contributed by atoms with Crippen molar-refractivity contribution in [3.63, 3.8) is 0 Å². The lowest BCUT2D eigenvalue weighted by Gasteiger charge is -2.16. The van der Waals surface area contributed by atoms with Crippen molar-refractivity contribution in [2.24, 2.45) is 5.92 Å². The molecule has 2 atom stereocenters. The molecule has 116 valence electrons. The zero-order chi connectivity index (χ0) is 15.9. The van der Waals surface area contributed by atoms with Crippen LogP contribution in [0.25, 0.3) is 0 Å². The van der Waals surface area contributed by atoms with Crippen LogP contribution in [0.2, 0.25) is 0 Å². The van der Waals surface area contributed by atoms with Crippen LogP contribution in [-0.2, 0) is 14.3 Å². The van der Waals surface area contributed by atoms with E-state index in [9.17, 15) is 9.59 Å². The number of benzene rings is 1. The third-order valence-electron chi connectivity index (χ3n) is 4.74. The Balaban J connectivity index is 1.88. The van der Waals surface area contributed by atoms with E-state index in [-0.39, 0.29) is 11.6 Å². The van der Waals surface area contributed by atoms with Crippen LogP contribution in [0, 0.1) is 26.7 Å². The first-order valence-corrected chi connectivity index (χ1v) is 7.91. The molecule has 1 saturated heterocycles. The van der Waals surface area contributed by atoms with Crippen molar-refractivity contribution in [3.05, 3.63) is 46.0 Å². The molecule has 3 heteroatoms. The zero-order valence-corrected chi connectivity index (χ0v) is 13.4. The fourth-order valence-electron chi connectivity index (χ4n) is 3.78. The van der Waals surface area contributed by atoms with E-state index in [2.05, 4.69) is 0 Å². The highest BCUT2D eigenvalue weighted by Gasteiger charge is 2.38. The van der Waals surface area contributed by atoms with Crippen LogP contribution in [0.1, 0.15) is 41.0 Å². The van der Waals surface area contributed by atoms with Crippen molar-refractivity contribution >= 4 is 11.6 Å². The molecule has 2 aliphatic rings. The third-order valence-corrected chi connectivity index (χ3v) is 4.74. The maximum absolute atomic E-state index is 12.8. The van der Waals surface area contributed by atoms with Gasteiger partial charge in [0.25, 0.3) is 0 Å². The highest BCUT2D eigenvalue weighted by atomic mass is 16.5. The van der Waals surface area contributed by atoms with E-state index in [0.29, 0.717) is 24.5 Å².